The van der Waals surface area contributed by atoms with E-state index >= 15 is 0 Å². The number of anilines is 5. The molecule has 0 amide bonds. The van der Waals surface area contributed by atoms with Crippen LogP contribution >= 0.6 is 0 Å². The molecule has 0 saturated carbocycles. The van der Waals surface area contributed by atoms with Gasteiger partial charge in [-0.1, -0.05) is 12.1 Å². The number of benzene rings is 2. The highest BCUT2D eigenvalue weighted by Gasteiger charge is 2.22. The summed E-state index contributed by atoms with van der Waals surface area (Å²) in [6, 6.07) is 7.38. The molecular formula is C19H14N6O8. The zero-order chi connectivity index (χ0) is 24.3. The molecule has 14 heteroatoms. The molecule has 0 radical (unpaired) electrons. The monoisotopic (exact) mass is 454 g/mol. The van der Waals surface area contributed by atoms with Gasteiger partial charge in [0.1, 0.15) is 0 Å². The lowest BCUT2D eigenvalue weighted by atomic mass is 10.1. The molecule has 0 aliphatic heterocycles. The van der Waals surface area contributed by atoms with Crippen LogP contribution in [-0.2, 0) is 0 Å². The van der Waals surface area contributed by atoms with E-state index in [9.17, 15) is 39.6 Å². The molecule has 0 saturated heterocycles. The summed E-state index contributed by atoms with van der Waals surface area (Å²) in [4.78, 5) is 57.5. The molecule has 0 fully saturated rings. The number of carboxylic acids is 4. The summed E-state index contributed by atoms with van der Waals surface area (Å²) in [7, 11) is 0. The fourth-order valence-corrected chi connectivity index (χ4v) is 2.88. The number of nitrogens with one attached hydrogen (secondary N) is 2. The van der Waals surface area contributed by atoms with Crippen molar-refractivity contribution < 1.29 is 39.6 Å². The van der Waals surface area contributed by atoms with Crippen LogP contribution in [0.2, 0.25) is 0 Å². The Bertz CT molecular complexity index is 1210. The Morgan fingerprint density at radius 2 is 1.03 bits per heavy atom. The minimum Gasteiger partial charge on any atom is -0.478 e. The molecule has 0 aliphatic carbocycles. The van der Waals surface area contributed by atoms with Crippen LogP contribution in [0, 0.1) is 0 Å². The van der Waals surface area contributed by atoms with Gasteiger partial charge < -0.3 is 36.8 Å². The first-order valence-corrected chi connectivity index (χ1v) is 8.83. The van der Waals surface area contributed by atoms with Crippen LogP contribution in [0.15, 0.2) is 36.4 Å². The van der Waals surface area contributed by atoms with E-state index in [2.05, 4.69) is 25.6 Å². The smallest absolute Gasteiger partial charge is 0.338 e. The Labute approximate surface area is 183 Å². The van der Waals surface area contributed by atoms with E-state index < -0.39 is 46.1 Å². The van der Waals surface area contributed by atoms with E-state index in [1.54, 1.807) is 0 Å². The van der Waals surface area contributed by atoms with E-state index in [-0.39, 0.29) is 29.2 Å². The van der Waals surface area contributed by atoms with Gasteiger partial charge in [-0.3, -0.25) is 0 Å². The van der Waals surface area contributed by atoms with Crippen LogP contribution in [0.4, 0.5) is 29.2 Å². The second-order valence-electron chi connectivity index (χ2n) is 6.27. The zero-order valence-electron chi connectivity index (χ0n) is 16.3. The highest BCUT2D eigenvalue weighted by atomic mass is 16.4. The standard InChI is InChI=1S/C19H14N6O8/c20-17-23-18(21-9-5-1-3-7(13(26)27)11(9)15(30)31)25-19(24-17)22-10-6-2-4-8(14(28)29)12(10)16(32)33/h1-6H,(H,26,27)(H,28,29)(H,30,31)(H,32,33)(H4,20,21,22,23,24,25). The van der Waals surface area contributed by atoms with E-state index in [0.717, 1.165) is 12.1 Å². The van der Waals surface area contributed by atoms with E-state index in [1.165, 1.54) is 24.3 Å². The van der Waals surface area contributed by atoms with Crippen molar-refractivity contribution in [1.82, 2.24) is 15.0 Å². The molecule has 2 aromatic carbocycles. The van der Waals surface area contributed by atoms with Gasteiger partial charge in [0.25, 0.3) is 0 Å². The molecule has 8 N–H and O–H groups in total. The zero-order valence-corrected chi connectivity index (χ0v) is 16.3. The Morgan fingerprint density at radius 3 is 1.36 bits per heavy atom. The largest absolute Gasteiger partial charge is 0.478 e. The van der Waals surface area contributed by atoms with Crippen LogP contribution in [0.5, 0.6) is 0 Å². The summed E-state index contributed by atoms with van der Waals surface area (Å²) >= 11 is 0. The van der Waals surface area contributed by atoms with Crippen LogP contribution < -0.4 is 16.4 Å². The number of aromatic nitrogens is 3. The number of hydrogen-bond donors (Lipinski definition) is 7. The SMILES string of the molecule is Nc1nc(Nc2cccc(C(=O)O)c2C(=O)O)nc(Nc2cccc(C(=O)O)c2C(=O)O)n1. The molecule has 1 aromatic heterocycles. The maximum absolute atomic E-state index is 11.6. The molecule has 14 nitrogen and oxygen atoms in total. The molecule has 3 aromatic rings. The highest BCUT2D eigenvalue weighted by Crippen LogP contribution is 2.26. The Hall–Kier alpha value is -5.27. The minimum atomic E-state index is -1.52. The Balaban J connectivity index is 2.03. The molecule has 0 spiro atoms. The lowest BCUT2D eigenvalue weighted by molar-refractivity contribution is 0.0652. The summed E-state index contributed by atoms with van der Waals surface area (Å²) in [5, 5.41) is 42.4. The van der Waals surface area contributed by atoms with Gasteiger partial charge in [0, 0.05) is 0 Å². The number of carboxylic acid groups (broad SMARTS) is 4. The summed E-state index contributed by atoms with van der Waals surface area (Å²) in [6.07, 6.45) is 0. The predicted octanol–water partition coefficient (Wildman–Crippen LogP) is 1.73. The number of nitrogens with zero attached hydrogens (tertiary/aromatic N) is 3. The first kappa shape index (κ1) is 22.4. The van der Waals surface area contributed by atoms with Crippen LogP contribution in [0.3, 0.4) is 0 Å². The van der Waals surface area contributed by atoms with Gasteiger partial charge in [-0.05, 0) is 24.3 Å². The fraction of sp³-hybridized carbons (Fsp3) is 0. The summed E-state index contributed by atoms with van der Waals surface area (Å²) < 4.78 is 0. The molecular weight excluding hydrogens is 440 g/mol. The van der Waals surface area contributed by atoms with E-state index in [4.69, 9.17) is 5.73 Å². The average Bonchev–Trinajstić information content (AvgIpc) is 2.72. The summed E-state index contributed by atoms with van der Waals surface area (Å²) in [5.74, 6) is -6.91. The third-order valence-corrected chi connectivity index (χ3v) is 4.16. The van der Waals surface area contributed by atoms with Gasteiger partial charge in [-0.2, -0.15) is 15.0 Å². The van der Waals surface area contributed by atoms with E-state index in [1.807, 2.05) is 0 Å². The van der Waals surface area contributed by atoms with Gasteiger partial charge >= 0.3 is 23.9 Å². The highest BCUT2D eigenvalue weighted by molar-refractivity contribution is 6.07. The molecule has 0 atom stereocenters. The quantitative estimate of drug-likeness (QED) is 0.256. The van der Waals surface area contributed by atoms with Crippen molar-refractivity contribution in [1.29, 1.82) is 0 Å². The molecule has 3 rings (SSSR count). The number of hydrogen-bond acceptors (Lipinski definition) is 10. The number of rotatable bonds is 8. The number of aromatic carboxylic acids is 4. The Kier molecular flexibility index (Phi) is 6.01. The van der Waals surface area contributed by atoms with Crippen LogP contribution in [0.1, 0.15) is 41.4 Å². The average molecular weight is 454 g/mol. The molecule has 0 unspecified atom stereocenters. The lowest BCUT2D eigenvalue weighted by Gasteiger charge is -2.13. The van der Waals surface area contributed by atoms with Crippen molar-refractivity contribution in [2.75, 3.05) is 16.4 Å². The predicted molar refractivity (Wildman–Crippen MR) is 112 cm³/mol. The third-order valence-electron chi connectivity index (χ3n) is 4.16. The fourth-order valence-electron chi connectivity index (χ4n) is 2.88. The first-order valence-electron chi connectivity index (χ1n) is 8.83. The minimum absolute atomic E-state index is 0.155. The van der Waals surface area contributed by atoms with Crippen molar-refractivity contribution in [3.63, 3.8) is 0 Å². The van der Waals surface area contributed by atoms with Crippen molar-refractivity contribution in [3.8, 4) is 0 Å². The number of carbonyl (C=O) groups is 4. The normalized spacial score (nSPS) is 10.3. The van der Waals surface area contributed by atoms with Crippen molar-refractivity contribution in [2.45, 2.75) is 0 Å². The number of nitrogens with two attached hydrogens (primary N) is 1. The second kappa shape index (κ2) is 8.84. The maximum Gasteiger partial charge on any atom is 0.338 e. The van der Waals surface area contributed by atoms with Gasteiger partial charge in [-0.15, -0.1) is 0 Å². The summed E-state index contributed by atoms with van der Waals surface area (Å²) in [6.45, 7) is 0. The second-order valence-corrected chi connectivity index (χ2v) is 6.27. The van der Waals surface area contributed by atoms with Crippen molar-refractivity contribution in [3.05, 3.63) is 58.7 Å². The van der Waals surface area contributed by atoms with Crippen LogP contribution in [0.25, 0.3) is 0 Å². The van der Waals surface area contributed by atoms with E-state index in [0.29, 0.717) is 0 Å². The van der Waals surface area contributed by atoms with Gasteiger partial charge in [0.2, 0.25) is 17.8 Å². The summed E-state index contributed by atoms with van der Waals surface area (Å²) in [5.41, 5.74) is 3.27. The lowest BCUT2D eigenvalue weighted by Crippen LogP contribution is -2.14. The molecule has 0 bridgehead atoms. The molecule has 0 aliphatic rings. The van der Waals surface area contributed by atoms with Crippen molar-refractivity contribution >= 4 is 53.1 Å². The van der Waals surface area contributed by atoms with Gasteiger partial charge in [-0.25, -0.2) is 19.2 Å². The molecule has 33 heavy (non-hydrogen) atoms. The first-order chi connectivity index (χ1) is 15.6. The Morgan fingerprint density at radius 1 is 0.636 bits per heavy atom. The third kappa shape index (κ3) is 4.74. The topological polar surface area (TPSA) is 238 Å². The molecule has 1 heterocycles. The number of nitrogen functional groups attached to an aromatic ring is 1. The van der Waals surface area contributed by atoms with Crippen molar-refractivity contribution in [2.24, 2.45) is 0 Å². The maximum atomic E-state index is 11.6. The van der Waals surface area contributed by atoms with Gasteiger partial charge in [0.15, 0.2) is 0 Å². The molecule has 168 valence electrons. The van der Waals surface area contributed by atoms with Gasteiger partial charge in [0.05, 0.1) is 33.6 Å². The van der Waals surface area contributed by atoms with Crippen LogP contribution in [-0.4, -0.2) is 59.3 Å².